The van der Waals surface area contributed by atoms with Crippen molar-refractivity contribution in [3.63, 3.8) is 0 Å². The van der Waals surface area contributed by atoms with E-state index in [4.69, 9.17) is 14.5 Å². The van der Waals surface area contributed by atoms with Crippen LogP contribution < -0.4 is 10.6 Å². The number of benzene rings is 2. The van der Waals surface area contributed by atoms with Gasteiger partial charge in [-0.15, -0.1) is 6.58 Å². The number of H-pyrrole nitrogens is 2. The van der Waals surface area contributed by atoms with Gasteiger partial charge in [-0.2, -0.15) is 0 Å². The van der Waals surface area contributed by atoms with E-state index in [9.17, 15) is 19.2 Å². The quantitative estimate of drug-likeness (QED) is 0.0920. The Hall–Kier alpha value is -5.66. The normalized spacial score (nSPS) is 15.7. The van der Waals surface area contributed by atoms with Gasteiger partial charge in [-0.3, -0.25) is 9.59 Å². The summed E-state index contributed by atoms with van der Waals surface area (Å²) >= 11 is 0. The van der Waals surface area contributed by atoms with E-state index in [0.29, 0.717) is 25.3 Å². The van der Waals surface area contributed by atoms with Crippen molar-refractivity contribution in [3.05, 3.63) is 84.2 Å². The molecule has 4 aromatic rings. The van der Waals surface area contributed by atoms with Crippen molar-refractivity contribution in [1.29, 1.82) is 0 Å². The number of hydrogen-bond acceptors (Lipinski definition) is 8. The van der Waals surface area contributed by atoms with Crippen LogP contribution in [-0.2, 0) is 31.9 Å². The van der Waals surface area contributed by atoms with Gasteiger partial charge >= 0.3 is 12.2 Å². The molecule has 0 radical (unpaired) electrons. The predicted molar refractivity (Wildman–Crippen MR) is 214 cm³/mol. The lowest BCUT2D eigenvalue weighted by Gasteiger charge is -2.33. The number of likely N-dealkylation sites (tertiary alicyclic amines) is 1. The van der Waals surface area contributed by atoms with Gasteiger partial charge in [0, 0.05) is 25.0 Å². The average molecular weight is 769 g/mol. The van der Waals surface area contributed by atoms with Crippen LogP contribution in [-0.4, -0.2) is 93.1 Å². The van der Waals surface area contributed by atoms with Crippen molar-refractivity contribution in [2.24, 2.45) is 11.8 Å². The monoisotopic (exact) mass is 768 g/mol. The first-order valence-corrected chi connectivity index (χ1v) is 19.4. The Labute approximate surface area is 328 Å². The Morgan fingerprint density at radius 1 is 0.946 bits per heavy atom. The molecule has 0 saturated carbocycles. The number of carbonyl (C=O) groups excluding carboxylic acids is 4. The fourth-order valence-electron chi connectivity index (χ4n) is 7.25. The van der Waals surface area contributed by atoms with Gasteiger partial charge in [0.05, 0.1) is 31.3 Å². The Balaban J connectivity index is 1.24. The number of imidazole rings is 2. The maximum Gasteiger partial charge on any atom is 0.407 e. The number of amides is 4. The summed E-state index contributed by atoms with van der Waals surface area (Å²) in [5.74, 6) is 0.735. The topological polar surface area (TPSA) is 175 Å². The summed E-state index contributed by atoms with van der Waals surface area (Å²) in [5, 5.41) is 5.38. The lowest BCUT2D eigenvalue weighted by atomic mass is 10.0. The summed E-state index contributed by atoms with van der Waals surface area (Å²) in [6.45, 7) is 14.7. The zero-order valence-corrected chi connectivity index (χ0v) is 33.6. The molecule has 4 N–H and O–H groups in total. The van der Waals surface area contributed by atoms with Crippen molar-refractivity contribution in [2.75, 3.05) is 27.3 Å². The zero-order valence-electron chi connectivity index (χ0n) is 33.6. The molecule has 3 heterocycles. The number of ether oxygens (including phenoxy) is 2. The molecule has 4 amide bonds. The number of fused-ring (bicyclic) bond motifs is 1. The van der Waals surface area contributed by atoms with Crippen LogP contribution in [0.15, 0.2) is 61.3 Å². The van der Waals surface area contributed by atoms with Crippen molar-refractivity contribution in [2.45, 2.75) is 90.9 Å². The van der Waals surface area contributed by atoms with E-state index in [-0.39, 0.29) is 29.7 Å². The summed E-state index contributed by atoms with van der Waals surface area (Å²) < 4.78 is 9.53. The Kier molecular flexibility index (Phi) is 13.9. The van der Waals surface area contributed by atoms with Crippen molar-refractivity contribution in [1.82, 2.24) is 40.4 Å². The molecule has 2 aromatic heterocycles. The number of nitrogens with one attached hydrogen (secondary N) is 4. The molecule has 4 atom stereocenters. The highest BCUT2D eigenvalue weighted by Crippen LogP contribution is 2.32. The summed E-state index contributed by atoms with van der Waals surface area (Å²) in [6, 6.07) is 12.4. The molecular weight excluding hydrogens is 713 g/mol. The zero-order chi connectivity index (χ0) is 40.5. The van der Waals surface area contributed by atoms with E-state index in [1.807, 2.05) is 57.8 Å². The second kappa shape index (κ2) is 18.8. The van der Waals surface area contributed by atoms with E-state index in [2.05, 4.69) is 62.5 Å². The minimum atomic E-state index is -0.769. The molecule has 56 heavy (non-hydrogen) atoms. The molecule has 14 nitrogen and oxygen atoms in total. The van der Waals surface area contributed by atoms with Crippen molar-refractivity contribution in [3.8, 4) is 11.1 Å². The second-order valence-corrected chi connectivity index (χ2v) is 15.0. The SMILES string of the molecule is C=C[C@@H](c1nc2ccc(-c3ccc(CCc4cnc([C@@H]5CCCN5C(=O)[C@@H](NC(=O)OC)C(C)C)[nH]4)cc3)cc2[nH]1)N(CCC)C(=O)[C@@H](NC(=O)OC)C(C)C. The largest absolute Gasteiger partial charge is 0.453 e. The Bertz CT molecular complexity index is 1990. The molecule has 1 aliphatic rings. The number of methoxy groups -OCH3 is 2. The number of rotatable bonds is 16. The second-order valence-electron chi connectivity index (χ2n) is 15.0. The highest BCUT2D eigenvalue weighted by atomic mass is 16.5. The summed E-state index contributed by atoms with van der Waals surface area (Å²) in [7, 11) is 2.57. The molecule has 0 spiro atoms. The van der Waals surface area contributed by atoms with E-state index < -0.39 is 30.3 Å². The molecular formula is C42H56N8O6. The molecule has 0 unspecified atom stereocenters. The predicted octanol–water partition coefficient (Wildman–Crippen LogP) is 6.63. The summed E-state index contributed by atoms with van der Waals surface area (Å²) in [6.07, 6.45) is 6.21. The van der Waals surface area contributed by atoms with E-state index in [1.54, 1.807) is 11.0 Å². The molecule has 1 fully saturated rings. The van der Waals surface area contributed by atoms with E-state index in [1.165, 1.54) is 19.8 Å². The van der Waals surface area contributed by atoms with Crippen LogP contribution in [0, 0.1) is 11.8 Å². The number of alkyl carbamates (subject to hydrolysis) is 2. The van der Waals surface area contributed by atoms with Gasteiger partial charge in [0.1, 0.15) is 29.8 Å². The number of nitrogens with zero attached hydrogens (tertiary/aromatic N) is 4. The van der Waals surface area contributed by atoms with Crippen LogP contribution in [0.5, 0.6) is 0 Å². The maximum atomic E-state index is 13.8. The van der Waals surface area contributed by atoms with Gasteiger partial charge in [0.25, 0.3) is 0 Å². The third-order valence-corrected chi connectivity index (χ3v) is 10.3. The Morgan fingerprint density at radius 3 is 2.23 bits per heavy atom. The van der Waals surface area contributed by atoms with Crippen molar-refractivity contribution < 1.29 is 28.7 Å². The number of aromatic nitrogens is 4. The first-order valence-electron chi connectivity index (χ1n) is 19.4. The van der Waals surface area contributed by atoms with Gasteiger partial charge < -0.3 is 39.9 Å². The summed E-state index contributed by atoms with van der Waals surface area (Å²) in [5.41, 5.74) is 5.85. The molecule has 0 aliphatic carbocycles. The van der Waals surface area contributed by atoms with Gasteiger partial charge in [-0.05, 0) is 72.8 Å². The standard InChI is InChI=1S/C42H56N8O6/c1-9-21-49(39(51)35(25(3)4)47-41(53)55-7)33(10-2)38-45-31-20-18-29(23-32(31)46-38)28-16-13-27(14-17-28)15-19-30-24-43-37(44-30)34-12-11-22-50(34)40(52)36(26(5)6)48-42(54)56-8/h10,13-14,16-18,20,23-26,33-36H,2,9,11-12,15,19,21-22H2,1,3-8H3,(H,43,44)(H,45,46)(H,47,53)(H,48,54)/t33-,34-,35-,36-/m0/s1. The van der Waals surface area contributed by atoms with Crippen LogP contribution in [0.2, 0.25) is 0 Å². The van der Waals surface area contributed by atoms with E-state index >= 15 is 0 Å². The number of carbonyl (C=O) groups is 4. The van der Waals surface area contributed by atoms with Crippen LogP contribution in [0.4, 0.5) is 9.59 Å². The Morgan fingerprint density at radius 2 is 1.61 bits per heavy atom. The van der Waals surface area contributed by atoms with Crippen LogP contribution in [0.25, 0.3) is 22.2 Å². The highest BCUT2D eigenvalue weighted by Gasteiger charge is 2.38. The lowest BCUT2D eigenvalue weighted by Crippen LogP contribution is -2.52. The van der Waals surface area contributed by atoms with Crippen LogP contribution >= 0.6 is 0 Å². The van der Waals surface area contributed by atoms with Gasteiger partial charge in [0.2, 0.25) is 11.8 Å². The minimum Gasteiger partial charge on any atom is -0.453 e. The molecule has 1 aliphatic heterocycles. The highest BCUT2D eigenvalue weighted by molar-refractivity contribution is 5.87. The van der Waals surface area contributed by atoms with Crippen LogP contribution in [0.3, 0.4) is 0 Å². The molecule has 2 aromatic carbocycles. The lowest BCUT2D eigenvalue weighted by molar-refractivity contribution is -0.136. The van der Waals surface area contributed by atoms with E-state index in [0.717, 1.165) is 59.4 Å². The molecule has 5 rings (SSSR count). The summed E-state index contributed by atoms with van der Waals surface area (Å²) in [4.78, 5) is 71.2. The fraction of sp³-hybridized carbons (Fsp3) is 0.476. The first kappa shape index (κ1) is 41.5. The molecule has 14 heteroatoms. The number of aromatic amines is 2. The maximum absolute atomic E-state index is 13.8. The number of aryl methyl sites for hydroxylation is 2. The molecule has 0 bridgehead atoms. The van der Waals surface area contributed by atoms with Crippen LogP contribution in [0.1, 0.15) is 88.9 Å². The fourth-order valence-corrected chi connectivity index (χ4v) is 7.25. The third-order valence-electron chi connectivity index (χ3n) is 10.3. The smallest absolute Gasteiger partial charge is 0.407 e. The minimum absolute atomic E-state index is 0.0963. The van der Waals surface area contributed by atoms with Gasteiger partial charge in [-0.1, -0.05) is 71.0 Å². The van der Waals surface area contributed by atoms with Crippen molar-refractivity contribution >= 4 is 35.0 Å². The molecule has 1 saturated heterocycles. The first-order chi connectivity index (χ1) is 26.9. The van der Waals surface area contributed by atoms with Gasteiger partial charge in [0.15, 0.2) is 0 Å². The van der Waals surface area contributed by atoms with Gasteiger partial charge in [-0.25, -0.2) is 19.6 Å². The number of hydrogen-bond donors (Lipinski definition) is 4. The average Bonchev–Trinajstić information content (AvgIpc) is 3.97. The molecule has 300 valence electrons. The third kappa shape index (κ3) is 9.58.